The SMILES string of the molecule is Cc1ccncc1-c1cc(N)c2cnc3[nH]c(C4CC4)cc3c2c1. The average molecular weight is 314 g/mol. The van der Waals surface area contributed by atoms with Crippen LogP contribution in [0.4, 0.5) is 5.69 Å². The molecule has 1 aromatic carbocycles. The summed E-state index contributed by atoms with van der Waals surface area (Å²) in [5, 5.41) is 3.32. The second-order valence-electron chi connectivity index (χ2n) is 6.74. The van der Waals surface area contributed by atoms with Crippen molar-refractivity contribution in [1.82, 2.24) is 15.0 Å². The van der Waals surface area contributed by atoms with Crippen LogP contribution in [0.3, 0.4) is 0 Å². The molecule has 0 unspecified atom stereocenters. The van der Waals surface area contributed by atoms with Crippen LogP contribution in [0.2, 0.25) is 0 Å². The molecule has 0 spiro atoms. The second-order valence-corrected chi connectivity index (χ2v) is 6.74. The summed E-state index contributed by atoms with van der Waals surface area (Å²) in [6.45, 7) is 2.10. The lowest BCUT2D eigenvalue weighted by atomic mass is 9.98. The number of nitrogens with zero attached hydrogens (tertiary/aromatic N) is 2. The number of pyridine rings is 2. The van der Waals surface area contributed by atoms with Gasteiger partial charge >= 0.3 is 0 Å². The van der Waals surface area contributed by atoms with Crippen LogP contribution in [0.25, 0.3) is 32.9 Å². The van der Waals surface area contributed by atoms with Crippen LogP contribution in [-0.2, 0) is 0 Å². The third-order valence-corrected chi connectivity index (χ3v) is 5.01. The van der Waals surface area contributed by atoms with Gasteiger partial charge in [-0.25, -0.2) is 4.98 Å². The third-order valence-electron chi connectivity index (χ3n) is 5.01. The number of hydrogen-bond acceptors (Lipinski definition) is 3. The standard InChI is InChI=1S/C20H18N4/c1-11-4-5-22-9-16(11)13-6-14-15-8-19(12-2-3-12)24-20(15)23-10-17(14)18(21)7-13/h4-10,12H,2-3,21H2,1H3,(H,23,24). The number of hydrogen-bond donors (Lipinski definition) is 2. The van der Waals surface area contributed by atoms with E-state index in [1.165, 1.54) is 24.1 Å². The fourth-order valence-electron chi connectivity index (χ4n) is 3.48. The van der Waals surface area contributed by atoms with Gasteiger partial charge in [0.2, 0.25) is 0 Å². The van der Waals surface area contributed by atoms with E-state index < -0.39 is 0 Å². The van der Waals surface area contributed by atoms with E-state index in [-0.39, 0.29) is 0 Å². The van der Waals surface area contributed by atoms with Crippen LogP contribution in [0.5, 0.6) is 0 Å². The molecular weight excluding hydrogens is 296 g/mol. The number of nitrogens with two attached hydrogens (primary N) is 1. The molecule has 0 radical (unpaired) electrons. The highest BCUT2D eigenvalue weighted by Gasteiger charge is 2.25. The zero-order chi connectivity index (χ0) is 16.3. The van der Waals surface area contributed by atoms with E-state index in [0.717, 1.165) is 38.6 Å². The number of H-pyrrole nitrogens is 1. The van der Waals surface area contributed by atoms with Crippen molar-refractivity contribution >= 4 is 27.5 Å². The first kappa shape index (κ1) is 13.5. The van der Waals surface area contributed by atoms with E-state index >= 15 is 0 Å². The average Bonchev–Trinajstić information content (AvgIpc) is 3.34. The number of rotatable bonds is 2. The first-order chi connectivity index (χ1) is 11.7. The number of fused-ring (bicyclic) bond motifs is 3. The number of aromatic nitrogens is 3. The molecule has 4 aromatic rings. The van der Waals surface area contributed by atoms with Crippen LogP contribution in [0.1, 0.15) is 30.0 Å². The molecule has 3 aromatic heterocycles. The van der Waals surface area contributed by atoms with Crippen LogP contribution in [-0.4, -0.2) is 15.0 Å². The topological polar surface area (TPSA) is 67.6 Å². The fraction of sp³-hybridized carbons (Fsp3) is 0.200. The predicted octanol–water partition coefficient (Wildman–Crippen LogP) is 4.55. The summed E-state index contributed by atoms with van der Waals surface area (Å²) in [5.74, 6) is 0.676. The minimum Gasteiger partial charge on any atom is -0.398 e. The number of nitrogens with one attached hydrogen (secondary N) is 1. The maximum atomic E-state index is 6.34. The van der Waals surface area contributed by atoms with Crippen molar-refractivity contribution in [3.63, 3.8) is 0 Å². The first-order valence-electron chi connectivity index (χ1n) is 8.32. The summed E-state index contributed by atoms with van der Waals surface area (Å²) in [5.41, 5.74) is 12.8. The lowest BCUT2D eigenvalue weighted by molar-refractivity contribution is 1.05. The molecule has 3 heterocycles. The quantitative estimate of drug-likeness (QED) is 0.533. The fourth-order valence-corrected chi connectivity index (χ4v) is 3.48. The molecule has 0 amide bonds. The molecule has 4 heteroatoms. The van der Waals surface area contributed by atoms with Crippen molar-refractivity contribution in [2.75, 3.05) is 5.73 Å². The van der Waals surface area contributed by atoms with Crippen molar-refractivity contribution in [3.8, 4) is 11.1 Å². The smallest absolute Gasteiger partial charge is 0.138 e. The molecular formula is C20H18N4. The van der Waals surface area contributed by atoms with Gasteiger partial charge in [0, 0.05) is 46.3 Å². The molecule has 24 heavy (non-hydrogen) atoms. The van der Waals surface area contributed by atoms with Crippen LogP contribution in [0, 0.1) is 6.92 Å². The lowest BCUT2D eigenvalue weighted by Crippen LogP contribution is -1.92. The Labute approximate surface area is 139 Å². The molecule has 1 saturated carbocycles. The van der Waals surface area contributed by atoms with E-state index in [1.807, 2.05) is 30.7 Å². The number of aromatic amines is 1. The van der Waals surface area contributed by atoms with Gasteiger partial charge in [0.05, 0.1) is 0 Å². The van der Waals surface area contributed by atoms with Gasteiger partial charge < -0.3 is 10.7 Å². The zero-order valence-corrected chi connectivity index (χ0v) is 13.5. The van der Waals surface area contributed by atoms with Crippen molar-refractivity contribution in [2.45, 2.75) is 25.7 Å². The van der Waals surface area contributed by atoms with Crippen molar-refractivity contribution in [1.29, 1.82) is 0 Å². The Morgan fingerprint density at radius 1 is 1.08 bits per heavy atom. The van der Waals surface area contributed by atoms with Crippen LogP contribution >= 0.6 is 0 Å². The van der Waals surface area contributed by atoms with Gasteiger partial charge in [0.1, 0.15) is 5.65 Å². The van der Waals surface area contributed by atoms with E-state index in [1.54, 1.807) is 0 Å². The second kappa shape index (κ2) is 4.81. The monoisotopic (exact) mass is 314 g/mol. The van der Waals surface area contributed by atoms with E-state index in [9.17, 15) is 0 Å². The maximum absolute atomic E-state index is 6.34. The predicted molar refractivity (Wildman–Crippen MR) is 98.0 cm³/mol. The highest BCUT2D eigenvalue weighted by molar-refractivity contribution is 6.10. The van der Waals surface area contributed by atoms with Crippen LogP contribution in [0.15, 0.2) is 42.9 Å². The molecule has 118 valence electrons. The molecule has 1 fully saturated rings. The highest BCUT2D eigenvalue weighted by atomic mass is 14.9. The van der Waals surface area contributed by atoms with Gasteiger partial charge in [-0.05, 0) is 66.5 Å². The summed E-state index contributed by atoms with van der Waals surface area (Å²) in [7, 11) is 0. The Kier molecular flexibility index (Phi) is 2.71. The van der Waals surface area contributed by atoms with Gasteiger partial charge in [0.15, 0.2) is 0 Å². The first-order valence-corrected chi connectivity index (χ1v) is 8.32. The van der Waals surface area contributed by atoms with Crippen LogP contribution < -0.4 is 5.73 Å². The van der Waals surface area contributed by atoms with E-state index in [2.05, 4.69) is 34.0 Å². The molecule has 4 nitrogen and oxygen atoms in total. The maximum Gasteiger partial charge on any atom is 0.138 e. The molecule has 1 aliphatic rings. The molecule has 0 saturated heterocycles. The Morgan fingerprint density at radius 2 is 1.96 bits per heavy atom. The summed E-state index contributed by atoms with van der Waals surface area (Å²) < 4.78 is 0. The molecule has 5 rings (SSSR count). The molecule has 3 N–H and O–H groups in total. The summed E-state index contributed by atoms with van der Waals surface area (Å²) in [6, 6.07) is 8.51. The van der Waals surface area contributed by atoms with Gasteiger partial charge in [-0.15, -0.1) is 0 Å². The summed E-state index contributed by atoms with van der Waals surface area (Å²) in [4.78, 5) is 12.3. The third kappa shape index (κ3) is 1.99. The van der Waals surface area contributed by atoms with Crippen molar-refractivity contribution in [2.24, 2.45) is 0 Å². The molecule has 0 bridgehead atoms. The Balaban J connectivity index is 1.81. The largest absolute Gasteiger partial charge is 0.398 e. The lowest BCUT2D eigenvalue weighted by Gasteiger charge is -2.10. The van der Waals surface area contributed by atoms with Gasteiger partial charge in [-0.2, -0.15) is 0 Å². The Hall–Kier alpha value is -2.88. The summed E-state index contributed by atoms with van der Waals surface area (Å²) in [6.07, 6.45) is 8.14. The molecule has 0 atom stereocenters. The van der Waals surface area contributed by atoms with Gasteiger partial charge in [0.25, 0.3) is 0 Å². The minimum absolute atomic E-state index is 0.676. The Morgan fingerprint density at radius 3 is 2.75 bits per heavy atom. The number of anilines is 1. The normalized spacial score (nSPS) is 14.5. The highest BCUT2D eigenvalue weighted by Crippen LogP contribution is 2.42. The van der Waals surface area contributed by atoms with E-state index in [4.69, 9.17) is 5.73 Å². The van der Waals surface area contributed by atoms with Gasteiger partial charge in [-0.3, -0.25) is 4.98 Å². The number of nitrogen functional groups attached to an aromatic ring is 1. The van der Waals surface area contributed by atoms with Crippen molar-refractivity contribution < 1.29 is 0 Å². The van der Waals surface area contributed by atoms with E-state index in [0.29, 0.717) is 5.92 Å². The molecule has 1 aliphatic carbocycles. The number of aryl methyl sites for hydroxylation is 1. The number of benzene rings is 1. The Bertz CT molecular complexity index is 1090. The van der Waals surface area contributed by atoms with Crippen molar-refractivity contribution in [3.05, 3.63) is 54.1 Å². The zero-order valence-electron chi connectivity index (χ0n) is 13.5. The summed E-state index contributed by atoms with van der Waals surface area (Å²) >= 11 is 0. The van der Waals surface area contributed by atoms with Gasteiger partial charge in [-0.1, -0.05) is 0 Å². The minimum atomic E-state index is 0.676. The molecule has 0 aliphatic heterocycles.